The summed E-state index contributed by atoms with van der Waals surface area (Å²) < 4.78 is 23.4. The van der Waals surface area contributed by atoms with Crippen LogP contribution >= 0.6 is 0 Å². The zero-order valence-corrected chi connectivity index (χ0v) is 17.3. The molecular formula is C19H34N4O3S. The molecule has 3 fully saturated rings. The van der Waals surface area contributed by atoms with Crippen molar-refractivity contribution in [2.24, 2.45) is 16.8 Å². The predicted octanol–water partition coefficient (Wildman–Crippen LogP) is 1.16. The van der Waals surface area contributed by atoms with Gasteiger partial charge in [-0.3, -0.25) is 9.79 Å². The molecular weight excluding hydrogens is 364 g/mol. The van der Waals surface area contributed by atoms with Crippen LogP contribution in [0.2, 0.25) is 0 Å². The Hall–Kier alpha value is -1.31. The molecule has 0 bridgehead atoms. The fourth-order valence-electron chi connectivity index (χ4n) is 4.34. The number of nitrogens with zero attached hydrogens (tertiary/aromatic N) is 2. The van der Waals surface area contributed by atoms with Crippen molar-refractivity contribution in [2.75, 3.05) is 38.2 Å². The molecule has 0 aromatic carbocycles. The van der Waals surface area contributed by atoms with Gasteiger partial charge in [-0.2, -0.15) is 0 Å². The van der Waals surface area contributed by atoms with Crippen molar-refractivity contribution in [1.82, 2.24) is 15.5 Å². The molecule has 1 amide bonds. The van der Waals surface area contributed by atoms with Crippen molar-refractivity contribution < 1.29 is 13.2 Å². The van der Waals surface area contributed by atoms with E-state index >= 15 is 0 Å². The number of hydrogen-bond acceptors (Lipinski definition) is 4. The third kappa shape index (κ3) is 6.36. The molecule has 0 spiro atoms. The molecule has 2 aliphatic heterocycles. The number of guanidine groups is 1. The van der Waals surface area contributed by atoms with Crippen molar-refractivity contribution in [1.29, 1.82) is 0 Å². The maximum Gasteiger partial charge on any atom is 0.222 e. The Kier molecular flexibility index (Phi) is 7.00. The Balaban J connectivity index is 1.57. The lowest BCUT2D eigenvalue weighted by atomic mass is 9.89. The molecule has 2 N–H and O–H groups in total. The summed E-state index contributed by atoms with van der Waals surface area (Å²) in [5, 5.41) is 6.98. The first-order valence-corrected chi connectivity index (χ1v) is 12.2. The minimum absolute atomic E-state index is 0.124. The molecule has 2 heterocycles. The highest BCUT2D eigenvalue weighted by molar-refractivity contribution is 7.91. The van der Waals surface area contributed by atoms with E-state index in [0.29, 0.717) is 37.6 Å². The van der Waals surface area contributed by atoms with E-state index in [4.69, 9.17) is 4.99 Å². The number of nitrogens with one attached hydrogen (secondary N) is 2. The Morgan fingerprint density at radius 2 is 1.93 bits per heavy atom. The lowest BCUT2D eigenvalue weighted by Gasteiger charge is -2.32. The van der Waals surface area contributed by atoms with Crippen molar-refractivity contribution in [3.8, 4) is 0 Å². The molecule has 7 nitrogen and oxygen atoms in total. The topological polar surface area (TPSA) is 90.9 Å². The van der Waals surface area contributed by atoms with E-state index < -0.39 is 9.84 Å². The third-order valence-electron chi connectivity index (χ3n) is 6.08. The van der Waals surface area contributed by atoms with Gasteiger partial charge in [0.2, 0.25) is 5.91 Å². The molecule has 0 aromatic rings. The van der Waals surface area contributed by atoms with Gasteiger partial charge in [-0.1, -0.05) is 19.3 Å². The van der Waals surface area contributed by atoms with Gasteiger partial charge in [0.1, 0.15) is 0 Å². The standard InChI is InChI=1S/C19H34N4O3S/c1-23-13-17(7-8-18(23)24)22-19(20-11-15-5-3-2-4-6-15)21-12-16-9-10-27(25,26)14-16/h15-17H,2-14H2,1H3,(H2,20,21,22). The van der Waals surface area contributed by atoms with Crippen LogP contribution in [0.4, 0.5) is 0 Å². The smallest absolute Gasteiger partial charge is 0.222 e. The van der Waals surface area contributed by atoms with E-state index in [1.165, 1.54) is 32.1 Å². The van der Waals surface area contributed by atoms with Gasteiger partial charge in [0.25, 0.3) is 0 Å². The molecule has 0 radical (unpaired) electrons. The molecule has 27 heavy (non-hydrogen) atoms. The number of hydrogen-bond donors (Lipinski definition) is 2. The maximum atomic E-state index is 11.7. The van der Waals surface area contributed by atoms with Gasteiger partial charge < -0.3 is 15.5 Å². The van der Waals surface area contributed by atoms with Crippen LogP contribution in [0.5, 0.6) is 0 Å². The lowest BCUT2D eigenvalue weighted by Crippen LogP contribution is -2.52. The number of piperidine rings is 1. The zero-order chi connectivity index (χ0) is 19.3. The summed E-state index contributed by atoms with van der Waals surface area (Å²) in [6.45, 7) is 2.14. The van der Waals surface area contributed by atoms with Gasteiger partial charge in [-0.05, 0) is 37.5 Å². The summed E-state index contributed by atoms with van der Waals surface area (Å²) in [5.74, 6) is 2.33. The number of sulfone groups is 1. The number of likely N-dealkylation sites (tertiary alicyclic amines) is 1. The molecule has 3 aliphatic rings. The number of carbonyl (C=O) groups excluding carboxylic acids is 1. The summed E-state index contributed by atoms with van der Waals surface area (Å²) in [6.07, 6.45) is 8.57. The molecule has 8 heteroatoms. The van der Waals surface area contributed by atoms with Gasteiger partial charge in [-0.15, -0.1) is 0 Å². The van der Waals surface area contributed by atoms with E-state index in [2.05, 4.69) is 10.6 Å². The number of amides is 1. The molecule has 1 saturated carbocycles. The van der Waals surface area contributed by atoms with Gasteiger partial charge in [0, 0.05) is 39.1 Å². The molecule has 2 saturated heterocycles. The fraction of sp³-hybridized carbons (Fsp3) is 0.895. The highest BCUT2D eigenvalue weighted by Crippen LogP contribution is 2.23. The van der Waals surface area contributed by atoms with Crippen LogP contribution < -0.4 is 10.6 Å². The minimum atomic E-state index is -2.87. The number of likely N-dealkylation sites (N-methyl/N-ethyl adjacent to an activating group) is 1. The Morgan fingerprint density at radius 3 is 2.59 bits per heavy atom. The molecule has 0 aromatic heterocycles. The van der Waals surface area contributed by atoms with Crippen LogP contribution in [0.1, 0.15) is 51.4 Å². The monoisotopic (exact) mass is 398 g/mol. The van der Waals surface area contributed by atoms with Crippen LogP contribution in [0.3, 0.4) is 0 Å². The van der Waals surface area contributed by atoms with E-state index in [0.717, 1.165) is 18.9 Å². The van der Waals surface area contributed by atoms with E-state index in [9.17, 15) is 13.2 Å². The zero-order valence-electron chi connectivity index (χ0n) is 16.5. The second-order valence-electron chi connectivity index (χ2n) is 8.50. The van der Waals surface area contributed by atoms with Crippen LogP contribution in [0.25, 0.3) is 0 Å². The van der Waals surface area contributed by atoms with Crippen LogP contribution in [-0.2, 0) is 14.6 Å². The fourth-order valence-corrected chi connectivity index (χ4v) is 6.19. The first kappa shape index (κ1) is 20.4. The third-order valence-corrected chi connectivity index (χ3v) is 7.92. The molecule has 154 valence electrons. The average Bonchev–Trinajstić information content (AvgIpc) is 3.00. The second-order valence-corrected chi connectivity index (χ2v) is 10.7. The quantitative estimate of drug-likeness (QED) is 0.536. The summed E-state index contributed by atoms with van der Waals surface area (Å²) in [4.78, 5) is 18.2. The van der Waals surface area contributed by atoms with Crippen molar-refractivity contribution in [3.05, 3.63) is 0 Å². The van der Waals surface area contributed by atoms with Gasteiger partial charge in [-0.25, -0.2) is 8.42 Å². The summed E-state index contributed by atoms with van der Waals surface area (Å²) >= 11 is 0. The first-order valence-electron chi connectivity index (χ1n) is 10.4. The maximum absolute atomic E-state index is 11.7. The Labute approximate surface area is 163 Å². The highest BCUT2D eigenvalue weighted by Gasteiger charge is 2.28. The Bertz CT molecular complexity index is 643. The molecule has 1 aliphatic carbocycles. The lowest BCUT2D eigenvalue weighted by molar-refractivity contribution is -0.132. The van der Waals surface area contributed by atoms with Crippen LogP contribution in [0, 0.1) is 11.8 Å². The minimum Gasteiger partial charge on any atom is -0.356 e. The summed E-state index contributed by atoms with van der Waals surface area (Å²) in [5.41, 5.74) is 0. The van der Waals surface area contributed by atoms with Crippen molar-refractivity contribution >= 4 is 21.7 Å². The molecule has 2 unspecified atom stereocenters. The second kappa shape index (κ2) is 9.26. The van der Waals surface area contributed by atoms with Crippen LogP contribution in [-0.4, -0.2) is 69.4 Å². The van der Waals surface area contributed by atoms with E-state index in [1.807, 2.05) is 7.05 Å². The van der Waals surface area contributed by atoms with Gasteiger partial charge in [0.05, 0.1) is 11.5 Å². The number of carbonyl (C=O) groups is 1. The predicted molar refractivity (Wildman–Crippen MR) is 107 cm³/mol. The number of aliphatic imine (C=N–C) groups is 1. The van der Waals surface area contributed by atoms with E-state index in [-0.39, 0.29) is 23.6 Å². The highest BCUT2D eigenvalue weighted by atomic mass is 32.2. The van der Waals surface area contributed by atoms with E-state index in [1.54, 1.807) is 4.90 Å². The van der Waals surface area contributed by atoms with Crippen LogP contribution in [0.15, 0.2) is 4.99 Å². The molecule has 2 atom stereocenters. The van der Waals surface area contributed by atoms with Crippen molar-refractivity contribution in [2.45, 2.75) is 57.4 Å². The van der Waals surface area contributed by atoms with Gasteiger partial charge >= 0.3 is 0 Å². The van der Waals surface area contributed by atoms with Gasteiger partial charge in [0.15, 0.2) is 15.8 Å². The average molecular weight is 399 g/mol. The molecule has 3 rings (SSSR count). The van der Waals surface area contributed by atoms with Crippen molar-refractivity contribution in [3.63, 3.8) is 0 Å². The Morgan fingerprint density at radius 1 is 1.15 bits per heavy atom. The number of rotatable bonds is 5. The largest absolute Gasteiger partial charge is 0.356 e. The SMILES string of the molecule is CN1CC(NC(=NCC2CCS(=O)(=O)C2)NCC2CCCCC2)CCC1=O. The summed E-state index contributed by atoms with van der Waals surface area (Å²) in [7, 11) is -1.03. The summed E-state index contributed by atoms with van der Waals surface area (Å²) in [6, 6.07) is 0.192. The first-order chi connectivity index (χ1) is 12.9. The normalized spacial score (nSPS) is 29.7.